The van der Waals surface area contributed by atoms with Gasteiger partial charge in [-0.15, -0.1) is 0 Å². The van der Waals surface area contributed by atoms with E-state index in [0.29, 0.717) is 11.5 Å². The summed E-state index contributed by atoms with van der Waals surface area (Å²) in [6, 6.07) is 21.0. The number of aryl methyl sites for hydroxylation is 1. The van der Waals surface area contributed by atoms with Crippen molar-refractivity contribution in [3.05, 3.63) is 72.4 Å². The molecule has 0 radical (unpaired) electrons. The molecule has 2 aromatic carbocycles. The van der Waals surface area contributed by atoms with Gasteiger partial charge in [-0.3, -0.25) is 14.7 Å². The molecular formula is C25H24N6O2S. The third kappa shape index (κ3) is 6.23. The number of nitrogens with one attached hydrogen (secondary N) is 4. The quantitative estimate of drug-likeness (QED) is 0.279. The number of aromatic nitrogens is 3. The van der Waals surface area contributed by atoms with Crippen molar-refractivity contribution >= 4 is 46.5 Å². The van der Waals surface area contributed by atoms with Crippen LogP contribution in [0.3, 0.4) is 0 Å². The lowest BCUT2D eigenvalue weighted by Crippen LogP contribution is -2.05. The van der Waals surface area contributed by atoms with Crippen molar-refractivity contribution < 1.29 is 9.59 Å². The van der Waals surface area contributed by atoms with E-state index in [1.54, 1.807) is 0 Å². The summed E-state index contributed by atoms with van der Waals surface area (Å²) in [4.78, 5) is 28.6. The van der Waals surface area contributed by atoms with Crippen LogP contribution in [0.2, 0.25) is 0 Å². The second-order valence-electron chi connectivity index (χ2n) is 7.71. The van der Waals surface area contributed by atoms with Crippen molar-refractivity contribution in [2.45, 2.75) is 30.7 Å². The van der Waals surface area contributed by atoms with Gasteiger partial charge in [0.05, 0.1) is 5.69 Å². The monoisotopic (exact) mass is 472 g/mol. The summed E-state index contributed by atoms with van der Waals surface area (Å²) in [5.41, 5.74) is 4.85. The molecule has 172 valence electrons. The van der Waals surface area contributed by atoms with Gasteiger partial charge in [-0.25, -0.2) is 4.98 Å². The van der Waals surface area contributed by atoms with Crippen LogP contribution in [0.4, 0.5) is 22.9 Å². The highest BCUT2D eigenvalue weighted by Crippen LogP contribution is 2.33. The molecule has 0 aliphatic rings. The largest absolute Gasteiger partial charge is 0.339 e. The summed E-state index contributed by atoms with van der Waals surface area (Å²) in [7, 11) is 0. The molecule has 0 bridgehead atoms. The van der Waals surface area contributed by atoms with Gasteiger partial charge in [0.1, 0.15) is 5.03 Å². The smallest absolute Gasteiger partial charge is 0.221 e. The van der Waals surface area contributed by atoms with Gasteiger partial charge in [0.15, 0.2) is 5.82 Å². The zero-order chi connectivity index (χ0) is 24.1. The number of carbonyl (C=O) groups is 2. The summed E-state index contributed by atoms with van der Waals surface area (Å²) >= 11 is 1.51. The maximum absolute atomic E-state index is 11.5. The Balaban J connectivity index is 1.67. The first-order valence-corrected chi connectivity index (χ1v) is 11.4. The number of benzene rings is 2. The normalized spacial score (nSPS) is 10.6. The fourth-order valence-electron chi connectivity index (χ4n) is 3.30. The first kappa shape index (κ1) is 23.1. The highest BCUT2D eigenvalue weighted by molar-refractivity contribution is 7.99. The molecule has 0 saturated carbocycles. The molecule has 0 aliphatic heterocycles. The van der Waals surface area contributed by atoms with Crippen LogP contribution in [0.5, 0.6) is 0 Å². The molecule has 0 unspecified atom stereocenters. The highest BCUT2D eigenvalue weighted by Gasteiger charge is 2.10. The van der Waals surface area contributed by atoms with Gasteiger partial charge < -0.3 is 16.0 Å². The molecule has 0 saturated heterocycles. The van der Waals surface area contributed by atoms with Crippen LogP contribution < -0.4 is 16.0 Å². The zero-order valence-electron chi connectivity index (χ0n) is 19.0. The summed E-state index contributed by atoms with van der Waals surface area (Å²) in [6.07, 6.45) is 0. The molecule has 4 rings (SSSR count). The van der Waals surface area contributed by atoms with Gasteiger partial charge >= 0.3 is 0 Å². The molecule has 2 heterocycles. The molecule has 0 fully saturated rings. The van der Waals surface area contributed by atoms with E-state index in [2.05, 4.69) is 26.1 Å². The average Bonchev–Trinajstić information content (AvgIpc) is 3.19. The van der Waals surface area contributed by atoms with E-state index in [4.69, 9.17) is 4.98 Å². The lowest BCUT2D eigenvalue weighted by atomic mass is 10.1. The van der Waals surface area contributed by atoms with Gasteiger partial charge in [-0.05, 0) is 55.5 Å². The molecule has 2 amide bonds. The molecule has 0 atom stereocenters. The molecule has 8 nitrogen and oxygen atoms in total. The van der Waals surface area contributed by atoms with Gasteiger partial charge in [-0.2, -0.15) is 5.10 Å². The molecule has 9 heteroatoms. The van der Waals surface area contributed by atoms with E-state index < -0.39 is 0 Å². The van der Waals surface area contributed by atoms with Gasteiger partial charge in [-0.1, -0.05) is 23.9 Å². The molecule has 4 aromatic rings. The highest BCUT2D eigenvalue weighted by atomic mass is 32.2. The van der Waals surface area contributed by atoms with Crippen LogP contribution in [0.25, 0.3) is 11.3 Å². The average molecular weight is 473 g/mol. The Kier molecular flexibility index (Phi) is 6.93. The summed E-state index contributed by atoms with van der Waals surface area (Å²) < 4.78 is 0. The summed E-state index contributed by atoms with van der Waals surface area (Å²) in [6.45, 7) is 4.90. The number of rotatable bonds is 7. The van der Waals surface area contributed by atoms with E-state index >= 15 is 0 Å². The first-order valence-electron chi connectivity index (χ1n) is 10.6. The number of hydrogen-bond acceptors (Lipinski definition) is 6. The van der Waals surface area contributed by atoms with Crippen LogP contribution in [-0.2, 0) is 9.59 Å². The Morgan fingerprint density at radius 1 is 0.853 bits per heavy atom. The van der Waals surface area contributed by atoms with Gasteiger partial charge in [0.25, 0.3) is 0 Å². The van der Waals surface area contributed by atoms with Crippen LogP contribution >= 0.6 is 11.8 Å². The fraction of sp³-hybridized carbons (Fsp3) is 0.120. The Labute approximate surface area is 201 Å². The predicted octanol–water partition coefficient (Wildman–Crippen LogP) is 5.59. The second-order valence-corrected chi connectivity index (χ2v) is 8.80. The molecule has 34 heavy (non-hydrogen) atoms. The van der Waals surface area contributed by atoms with Gasteiger partial charge in [0.2, 0.25) is 11.8 Å². The minimum atomic E-state index is -0.131. The zero-order valence-corrected chi connectivity index (χ0v) is 19.8. The maximum Gasteiger partial charge on any atom is 0.221 e. The van der Waals surface area contributed by atoms with Crippen molar-refractivity contribution in [1.29, 1.82) is 0 Å². The molecular weight excluding hydrogens is 448 g/mol. The Bertz CT molecular complexity index is 1330. The lowest BCUT2D eigenvalue weighted by molar-refractivity contribution is -0.115. The van der Waals surface area contributed by atoms with Crippen LogP contribution in [-0.4, -0.2) is 27.0 Å². The number of anilines is 4. The van der Waals surface area contributed by atoms with Crippen molar-refractivity contribution in [3.8, 4) is 11.3 Å². The van der Waals surface area contributed by atoms with E-state index in [1.165, 1.54) is 25.6 Å². The maximum atomic E-state index is 11.5. The number of aromatic amines is 1. The predicted molar refractivity (Wildman–Crippen MR) is 135 cm³/mol. The summed E-state index contributed by atoms with van der Waals surface area (Å²) in [5.74, 6) is 0.464. The number of nitrogens with zero attached hydrogens (tertiary/aromatic N) is 2. The van der Waals surface area contributed by atoms with Crippen LogP contribution in [0.1, 0.15) is 19.5 Å². The fourth-order valence-corrected chi connectivity index (χ4v) is 4.14. The molecule has 0 aliphatic carbocycles. The third-order valence-corrected chi connectivity index (χ3v) is 5.58. The molecule has 0 spiro atoms. The van der Waals surface area contributed by atoms with E-state index in [9.17, 15) is 9.59 Å². The second kappa shape index (κ2) is 10.2. The number of amides is 2. The SMILES string of the molecule is CC(=O)Nc1ccc(Sc2cc(Nc3cc(C)[nH]n3)cc(-c3cccc(NC(C)=O)c3)n2)cc1. The van der Waals surface area contributed by atoms with E-state index in [0.717, 1.165) is 38.2 Å². The van der Waals surface area contributed by atoms with E-state index in [-0.39, 0.29) is 11.8 Å². The standard InChI is InChI=1S/C25H24N6O2S/c1-15-11-24(31-30-15)28-21-13-23(18-5-4-6-20(12-18)27-17(3)33)29-25(14-21)34-22-9-7-19(8-10-22)26-16(2)32/h4-14H,1-3H3,(H,26,32)(H,27,33)(H2,28,29,30,31). The molecule has 4 N–H and O–H groups in total. The lowest BCUT2D eigenvalue weighted by Gasteiger charge is -2.11. The topological polar surface area (TPSA) is 112 Å². The number of carbonyl (C=O) groups excluding carboxylic acids is 2. The minimum absolute atomic E-state index is 0.111. The minimum Gasteiger partial charge on any atom is -0.339 e. The van der Waals surface area contributed by atoms with Crippen molar-refractivity contribution in [1.82, 2.24) is 15.2 Å². The molecule has 2 aromatic heterocycles. The van der Waals surface area contributed by atoms with Crippen molar-refractivity contribution in [3.63, 3.8) is 0 Å². The third-order valence-electron chi connectivity index (χ3n) is 4.66. The van der Waals surface area contributed by atoms with Crippen molar-refractivity contribution in [2.24, 2.45) is 0 Å². The van der Waals surface area contributed by atoms with Crippen LogP contribution in [0, 0.1) is 6.92 Å². The Hall–Kier alpha value is -4.11. The van der Waals surface area contributed by atoms with Gasteiger partial charge in [0, 0.05) is 53.1 Å². The Morgan fingerprint density at radius 3 is 2.26 bits per heavy atom. The van der Waals surface area contributed by atoms with E-state index in [1.807, 2.05) is 73.7 Å². The van der Waals surface area contributed by atoms with Crippen LogP contribution in [0.15, 0.2) is 76.7 Å². The Morgan fingerprint density at radius 2 is 1.59 bits per heavy atom. The number of pyridine rings is 1. The number of H-pyrrole nitrogens is 1. The first-order chi connectivity index (χ1) is 16.3. The number of hydrogen-bond donors (Lipinski definition) is 4. The summed E-state index contributed by atoms with van der Waals surface area (Å²) in [5, 5.41) is 16.9. The van der Waals surface area contributed by atoms with Crippen molar-refractivity contribution in [2.75, 3.05) is 16.0 Å².